The molecule has 0 aromatic heterocycles. The number of aliphatic hydroxyl groups excluding tert-OH is 1. The van der Waals surface area contributed by atoms with Crippen LogP contribution in [0.4, 0.5) is 4.79 Å². The van der Waals surface area contributed by atoms with Gasteiger partial charge in [-0.15, -0.1) is 0 Å². The summed E-state index contributed by atoms with van der Waals surface area (Å²) in [5.74, 6) is 0.745. The molecular formula is C16H31N3O3. The summed E-state index contributed by atoms with van der Waals surface area (Å²) < 4.78 is 5.02. The highest BCUT2D eigenvalue weighted by molar-refractivity contribution is 5.67. The molecule has 1 amide bonds. The fourth-order valence-electron chi connectivity index (χ4n) is 3.43. The van der Waals surface area contributed by atoms with Gasteiger partial charge in [-0.25, -0.2) is 4.79 Å². The highest BCUT2D eigenvalue weighted by atomic mass is 16.6. The predicted molar refractivity (Wildman–Crippen MR) is 85.9 cm³/mol. The average molecular weight is 313 g/mol. The van der Waals surface area contributed by atoms with Crippen LogP contribution in [-0.2, 0) is 4.74 Å². The van der Waals surface area contributed by atoms with Gasteiger partial charge in [0.1, 0.15) is 0 Å². The number of amides is 1. The lowest BCUT2D eigenvalue weighted by molar-refractivity contribution is 0.0372. The Labute approximate surface area is 134 Å². The summed E-state index contributed by atoms with van der Waals surface area (Å²) in [5.41, 5.74) is 0. The summed E-state index contributed by atoms with van der Waals surface area (Å²) in [6, 6.07) is 0. The van der Waals surface area contributed by atoms with Crippen molar-refractivity contribution in [2.45, 2.75) is 32.8 Å². The normalized spacial score (nSPS) is 26.0. The van der Waals surface area contributed by atoms with E-state index < -0.39 is 0 Å². The van der Waals surface area contributed by atoms with E-state index in [2.05, 4.69) is 16.7 Å². The summed E-state index contributed by atoms with van der Waals surface area (Å²) in [6.07, 6.45) is 2.03. The summed E-state index contributed by atoms with van der Waals surface area (Å²) in [6.45, 7) is 11.2. The molecule has 0 saturated carbocycles. The van der Waals surface area contributed by atoms with Gasteiger partial charge < -0.3 is 19.6 Å². The number of aliphatic hydroxyl groups is 1. The first-order chi connectivity index (χ1) is 10.6. The molecule has 0 aliphatic carbocycles. The van der Waals surface area contributed by atoms with E-state index in [1.54, 1.807) is 4.90 Å². The Morgan fingerprint density at radius 3 is 2.50 bits per heavy atom. The molecule has 0 radical (unpaired) electrons. The number of likely N-dealkylation sites (tertiary alicyclic amines) is 1. The number of nitrogens with zero attached hydrogens (tertiary/aromatic N) is 3. The van der Waals surface area contributed by atoms with Gasteiger partial charge >= 0.3 is 6.09 Å². The highest BCUT2D eigenvalue weighted by Crippen LogP contribution is 2.15. The smallest absolute Gasteiger partial charge is 0.409 e. The average Bonchev–Trinajstić information content (AvgIpc) is 2.48. The number of carbonyl (C=O) groups is 1. The summed E-state index contributed by atoms with van der Waals surface area (Å²) in [4.78, 5) is 18.0. The standard InChI is InChI=1S/C16H31N3O3/c1-3-22-16(21)19-9-7-17(8-10-19)12-15(20)13-18-6-4-5-14(2)11-18/h14-15,20H,3-13H2,1-2H3. The topological polar surface area (TPSA) is 56.3 Å². The molecule has 2 saturated heterocycles. The lowest BCUT2D eigenvalue weighted by Gasteiger charge is -2.37. The second kappa shape index (κ2) is 8.70. The molecule has 22 heavy (non-hydrogen) atoms. The van der Waals surface area contributed by atoms with Crippen LogP contribution in [0.2, 0.25) is 0 Å². The minimum absolute atomic E-state index is 0.218. The number of hydrogen-bond donors (Lipinski definition) is 1. The molecule has 6 nitrogen and oxygen atoms in total. The zero-order valence-electron chi connectivity index (χ0n) is 14.0. The van der Waals surface area contributed by atoms with Crippen LogP contribution in [0.25, 0.3) is 0 Å². The first-order valence-electron chi connectivity index (χ1n) is 8.63. The van der Waals surface area contributed by atoms with Crippen molar-refractivity contribution in [3.8, 4) is 0 Å². The lowest BCUT2D eigenvalue weighted by atomic mass is 10.00. The number of piperidine rings is 1. The molecule has 0 aromatic rings. The van der Waals surface area contributed by atoms with Gasteiger partial charge in [-0.2, -0.15) is 0 Å². The maximum atomic E-state index is 11.6. The van der Waals surface area contributed by atoms with Crippen molar-refractivity contribution >= 4 is 6.09 Å². The van der Waals surface area contributed by atoms with Crippen molar-refractivity contribution in [1.29, 1.82) is 0 Å². The highest BCUT2D eigenvalue weighted by Gasteiger charge is 2.24. The number of rotatable bonds is 5. The van der Waals surface area contributed by atoms with E-state index in [0.717, 1.165) is 38.6 Å². The SMILES string of the molecule is CCOC(=O)N1CCN(CC(O)CN2CCCC(C)C2)CC1. The van der Waals surface area contributed by atoms with Crippen LogP contribution in [0.5, 0.6) is 0 Å². The second-order valence-electron chi connectivity index (χ2n) is 6.65. The molecular weight excluding hydrogens is 282 g/mol. The Morgan fingerprint density at radius 1 is 1.18 bits per heavy atom. The van der Waals surface area contributed by atoms with Crippen LogP contribution in [0, 0.1) is 5.92 Å². The molecule has 0 bridgehead atoms. The molecule has 0 aromatic carbocycles. The molecule has 128 valence electrons. The number of β-amino-alcohol motifs (C(OH)–C–C–N with tert-alkyl or cyclic N) is 1. The largest absolute Gasteiger partial charge is 0.450 e. The molecule has 6 heteroatoms. The number of piperazine rings is 1. The second-order valence-corrected chi connectivity index (χ2v) is 6.65. The van der Waals surface area contributed by atoms with E-state index >= 15 is 0 Å². The zero-order valence-corrected chi connectivity index (χ0v) is 14.0. The monoisotopic (exact) mass is 313 g/mol. The quantitative estimate of drug-likeness (QED) is 0.816. The minimum atomic E-state index is -0.306. The van der Waals surface area contributed by atoms with Crippen LogP contribution < -0.4 is 0 Å². The molecule has 2 fully saturated rings. The first-order valence-corrected chi connectivity index (χ1v) is 8.63. The van der Waals surface area contributed by atoms with Crippen molar-refractivity contribution in [2.24, 2.45) is 5.92 Å². The Balaban J connectivity index is 1.66. The van der Waals surface area contributed by atoms with Gasteiger partial charge in [0.25, 0.3) is 0 Å². The molecule has 2 unspecified atom stereocenters. The Kier molecular flexibility index (Phi) is 6.92. The summed E-state index contributed by atoms with van der Waals surface area (Å²) >= 11 is 0. The Morgan fingerprint density at radius 2 is 1.86 bits per heavy atom. The van der Waals surface area contributed by atoms with Gasteiger partial charge in [0.05, 0.1) is 12.7 Å². The van der Waals surface area contributed by atoms with E-state index in [-0.39, 0.29) is 12.2 Å². The number of ether oxygens (including phenoxy) is 1. The predicted octanol–water partition coefficient (Wildman–Crippen LogP) is 0.853. The van der Waals surface area contributed by atoms with Crippen LogP contribution in [-0.4, -0.2) is 91.0 Å². The number of hydrogen-bond acceptors (Lipinski definition) is 5. The molecule has 2 heterocycles. The zero-order chi connectivity index (χ0) is 15.9. The molecule has 0 spiro atoms. The van der Waals surface area contributed by atoms with Crippen molar-refractivity contribution < 1.29 is 14.6 Å². The van der Waals surface area contributed by atoms with Gasteiger partial charge in [0, 0.05) is 45.8 Å². The maximum Gasteiger partial charge on any atom is 0.409 e. The van der Waals surface area contributed by atoms with Gasteiger partial charge in [0.2, 0.25) is 0 Å². The van der Waals surface area contributed by atoms with Gasteiger partial charge in [-0.1, -0.05) is 6.92 Å². The third-order valence-corrected chi connectivity index (χ3v) is 4.58. The van der Waals surface area contributed by atoms with Crippen molar-refractivity contribution in [3.63, 3.8) is 0 Å². The Hall–Kier alpha value is -0.850. The van der Waals surface area contributed by atoms with Gasteiger partial charge in [-0.05, 0) is 32.2 Å². The van der Waals surface area contributed by atoms with Crippen LogP contribution in [0.15, 0.2) is 0 Å². The van der Waals surface area contributed by atoms with Crippen molar-refractivity contribution in [3.05, 3.63) is 0 Å². The van der Waals surface area contributed by atoms with Crippen LogP contribution in [0.3, 0.4) is 0 Å². The fraction of sp³-hybridized carbons (Fsp3) is 0.938. The third-order valence-electron chi connectivity index (χ3n) is 4.58. The first kappa shape index (κ1) is 17.5. The molecule has 1 N–H and O–H groups in total. The maximum absolute atomic E-state index is 11.6. The van der Waals surface area contributed by atoms with E-state index in [4.69, 9.17) is 4.74 Å². The molecule has 2 aliphatic heterocycles. The molecule has 2 rings (SSSR count). The van der Waals surface area contributed by atoms with E-state index in [1.807, 2.05) is 6.92 Å². The van der Waals surface area contributed by atoms with Crippen LogP contribution >= 0.6 is 0 Å². The fourth-order valence-corrected chi connectivity index (χ4v) is 3.43. The van der Waals surface area contributed by atoms with E-state index in [0.29, 0.717) is 26.2 Å². The van der Waals surface area contributed by atoms with Crippen LogP contribution in [0.1, 0.15) is 26.7 Å². The Bertz CT molecular complexity index is 346. The lowest BCUT2D eigenvalue weighted by Crippen LogP contribution is -2.52. The summed E-state index contributed by atoms with van der Waals surface area (Å²) in [5, 5.41) is 10.3. The van der Waals surface area contributed by atoms with Gasteiger partial charge in [0.15, 0.2) is 0 Å². The van der Waals surface area contributed by atoms with Crippen molar-refractivity contribution in [2.75, 3.05) is 59.0 Å². The van der Waals surface area contributed by atoms with Crippen molar-refractivity contribution in [1.82, 2.24) is 14.7 Å². The third kappa shape index (κ3) is 5.41. The molecule has 2 atom stereocenters. The molecule has 2 aliphatic rings. The van der Waals surface area contributed by atoms with Gasteiger partial charge in [-0.3, -0.25) is 4.90 Å². The van der Waals surface area contributed by atoms with E-state index in [1.165, 1.54) is 12.8 Å². The summed E-state index contributed by atoms with van der Waals surface area (Å²) in [7, 11) is 0. The van der Waals surface area contributed by atoms with E-state index in [9.17, 15) is 9.90 Å². The number of carbonyl (C=O) groups excluding carboxylic acids is 1. The minimum Gasteiger partial charge on any atom is -0.450 e.